The van der Waals surface area contributed by atoms with Crippen LogP contribution in [0.15, 0.2) is 114 Å². The van der Waals surface area contributed by atoms with Crippen molar-refractivity contribution in [1.29, 1.82) is 5.41 Å². The topological polar surface area (TPSA) is 41.1 Å². The lowest BCUT2D eigenvalue weighted by Gasteiger charge is -2.09. The molecule has 0 spiro atoms. The van der Waals surface area contributed by atoms with Gasteiger partial charge in [-0.1, -0.05) is 84.9 Å². The fourth-order valence-electron chi connectivity index (χ4n) is 3.96. The van der Waals surface area contributed by atoms with Gasteiger partial charge in [-0.05, 0) is 40.7 Å². The summed E-state index contributed by atoms with van der Waals surface area (Å²) in [6.45, 7) is 3.70. The Morgan fingerprint density at radius 1 is 0.742 bits per heavy atom. The number of aliphatic imine (C=N–C) groups is 1. The van der Waals surface area contributed by atoms with Crippen LogP contribution in [0.4, 0.5) is 5.69 Å². The molecule has 148 valence electrons. The van der Waals surface area contributed by atoms with Gasteiger partial charge in [0.05, 0.1) is 11.4 Å². The lowest BCUT2D eigenvalue weighted by Crippen LogP contribution is -2.00. The molecular formula is C28H21N3. The summed E-state index contributed by atoms with van der Waals surface area (Å²) in [7, 11) is 0. The van der Waals surface area contributed by atoms with Crippen molar-refractivity contribution in [2.24, 2.45) is 4.99 Å². The first-order valence-corrected chi connectivity index (χ1v) is 10.2. The molecule has 5 rings (SSSR count). The summed E-state index contributed by atoms with van der Waals surface area (Å²) in [6.07, 6.45) is 3.86. The molecule has 1 aromatic heterocycles. The van der Waals surface area contributed by atoms with Crippen molar-refractivity contribution in [1.82, 2.24) is 4.57 Å². The van der Waals surface area contributed by atoms with Crippen molar-refractivity contribution in [2.45, 2.75) is 0 Å². The summed E-state index contributed by atoms with van der Waals surface area (Å²) in [5, 5.41) is 11.2. The van der Waals surface area contributed by atoms with E-state index in [0.29, 0.717) is 11.4 Å². The van der Waals surface area contributed by atoms with E-state index in [1.165, 1.54) is 16.3 Å². The van der Waals surface area contributed by atoms with E-state index >= 15 is 0 Å². The van der Waals surface area contributed by atoms with Gasteiger partial charge in [0.2, 0.25) is 0 Å². The van der Waals surface area contributed by atoms with E-state index in [-0.39, 0.29) is 0 Å². The molecule has 0 aliphatic carbocycles. The Balaban J connectivity index is 1.50. The molecule has 0 aliphatic heterocycles. The smallest absolute Gasteiger partial charge is 0.0897 e. The summed E-state index contributed by atoms with van der Waals surface area (Å²) in [5.74, 6) is 0. The maximum Gasteiger partial charge on any atom is 0.0897 e. The van der Waals surface area contributed by atoms with E-state index in [0.717, 1.165) is 22.4 Å². The molecule has 0 unspecified atom stereocenters. The predicted octanol–water partition coefficient (Wildman–Crippen LogP) is 7.05. The third-order valence-electron chi connectivity index (χ3n) is 5.57. The van der Waals surface area contributed by atoms with E-state index in [1.807, 2.05) is 59.4 Å². The molecule has 0 aliphatic rings. The second-order valence-electron chi connectivity index (χ2n) is 7.44. The molecule has 31 heavy (non-hydrogen) atoms. The van der Waals surface area contributed by atoms with Crippen molar-refractivity contribution in [3.63, 3.8) is 0 Å². The maximum absolute atomic E-state index is 8.80. The Bertz CT molecular complexity index is 1390. The average Bonchev–Trinajstić information content (AvgIpc) is 3.28. The van der Waals surface area contributed by atoms with Crippen molar-refractivity contribution in [3.05, 3.63) is 121 Å². The van der Waals surface area contributed by atoms with Crippen LogP contribution >= 0.6 is 0 Å². The largest absolute Gasteiger partial charge is 0.321 e. The quantitative estimate of drug-likeness (QED) is 0.308. The van der Waals surface area contributed by atoms with Crippen LogP contribution in [0.3, 0.4) is 0 Å². The molecule has 0 saturated carbocycles. The predicted molar refractivity (Wildman–Crippen MR) is 130 cm³/mol. The molecule has 0 amide bonds. The van der Waals surface area contributed by atoms with Crippen LogP contribution in [0.5, 0.6) is 0 Å². The van der Waals surface area contributed by atoms with Gasteiger partial charge in [-0.15, -0.1) is 0 Å². The molecule has 1 heterocycles. The average molecular weight is 399 g/mol. The summed E-state index contributed by atoms with van der Waals surface area (Å²) in [4.78, 5) is 4.15. The summed E-state index contributed by atoms with van der Waals surface area (Å²) in [5.41, 5.74) is 6.10. The van der Waals surface area contributed by atoms with Gasteiger partial charge in [0.25, 0.3) is 0 Å². The number of fused-ring (bicyclic) bond motifs is 1. The number of nitrogens with one attached hydrogen (secondary N) is 1. The van der Waals surface area contributed by atoms with Gasteiger partial charge >= 0.3 is 0 Å². The minimum absolute atomic E-state index is 0.432. The first-order valence-electron chi connectivity index (χ1n) is 10.2. The Morgan fingerprint density at radius 3 is 2.23 bits per heavy atom. The summed E-state index contributed by atoms with van der Waals surface area (Å²) < 4.78 is 1.98. The fourth-order valence-corrected chi connectivity index (χ4v) is 3.96. The molecule has 1 N–H and O–H groups in total. The van der Waals surface area contributed by atoms with E-state index in [2.05, 4.69) is 66.3 Å². The molecule has 0 atom stereocenters. The summed E-state index contributed by atoms with van der Waals surface area (Å²) in [6, 6.07) is 33.0. The number of benzene rings is 4. The zero-order valence-electron chi connectivity index (χ0n) is 17.0. The molecule has 0 fully saturated rings. The third-order valence-corrected chi connectivity index (χ3v) is 5.57. The van der Waals surface area contributed by atoms with Gasteiger partial charge in [0.1, 0.15) is 0 Å². The first kappa shape index (κ1) is 18.8. The Labute approximate surface area is 181 Å². The van der Waals surface area contributed by atoms with Crippen molar-refractivity contribution < 1.29 is 0 Å². The van der Waals surface area contributed by atoms with E-state index in [9.17, 15) is 0 Å². The number of hydrogen-bond acceptors (Lipinski definition) is 2. The third kappa shape index (κ3) is 3.47. The van der Waals surface area contributed by atoms with Gasteiger partial charge in [-0.2, -0.15) is 0 Å². The lowest BCUT2D eigenvalue weighted by molar-refractivity contribution is 1.08. The normalized spacial score (nSPS) is 10.8. The SMILES string of the molecule is C=Nc1cn(-c2ccccc2)cc1C(=N)c1ccc(-c2cccc3ccccc23)cc1. The molecular weight excluding hydrogens is 378 g/mol. The number of hydrogen-bond donors (Lipinski definition) is 1. The number of para-hydroxylation sites is 1. The van der Waals surface area contributed by atoms with Crippen molar-refractivity contribution in [2.75, 3.05) is 0 Å². The molecule has 0 bridgehead atoms. The van der Waals surface area contributed by atoms with Crippen LogP contribution in [0.1, 0.15) is 11.1 Å². The van der Waals surface area contributed by atoms with Gasteiger partial charge in [0.15, 0.2) is 0 Å². The van der Waals surface area contributed by atoms with Gasteiger partial charge < -0.3 is 4.57 Å². The van der Waals surface area contributed by atoms with Crippen LogP contribution in [-0.4, -0.2) is 17.0 Å². The Morgan fingerprint density at radius 2 is 1.45 bits per heavy atom. The second-order valence-corrected chi connectivity index (χ2v) is 7.44. The van der Waals surface area contributed by atoms with Crippen LogP contribution in [0.25, 0.3) is 27.6 Å². The lowest BCUT2D eigenvalue weighted by atomic mass is 9.96. The number of aromatic nitrogens is 1. The second kappa shape index (κ2) is 7.88. The molecule has 4 aromatic carbocycles. The van der Waals surface area contributed by atoms with Crippen LogP contribution in [-0.2, 0) is 0 Å². The molecule has 3 nitrogen and oxygen atoms in total. The van der Waals surface area contributed by atoms with Crippen molar-refractivity contribution >= 4 is 28.9 Å². The van der Waals surface area contributed by atoms with E-state index < -0.39 is 0 Å². The van der Waals surface area contributed by atoms with Gasteiger partial charge in [0, 0.05) is 29.2 Å². The summed E-state index contributed by atoms with van der Waals surface area (Å²) >= 11 is 0. The van der Waals surface area contributed by atoms with E-state index in [1.54, 1.807) is 0 Å². The Kier molecular flexibility index (Phi) is 4.77. The fraction of sp³-hybridized carbons (Fsp3) is 0. The molecule has 5 aromatic rings. The number of rotatable bonds is 5. The first-order chi connectivity index (χ1) is 15.2. The van der Waals surface area contributed by atoms with Gasteiger partial charge in [-0.3, -0.25) is 10.4 Å². The zero-order valence-corrected chi connectivity index (χ0v) is 17.0. The minimum atomic E-state index is 0.432. The van der Waals surface area contributed by atoms with Crippen LogP contribution in [0, 0.1) is 5.41 Å². The monoisotopic (exact) mass is 399 g/mol. The zero-order chi connectivity index (χ0) is 21.2. The highest BCUT2D eigenvalue weighted by Gasteiger charge is 2.14. The van der Waals surface area contributed by atoms with E-state index in [4.69, 9.17) is 5.41 Å². The van der Waals surface area contributed by atoms with Gasteiger partial charge in [-0.25, -0.2) is 0 Å². The highest BCUT2D eigenvalue weighted by Crippen LogP contribution is 2.30. The van der Waals surface area contributed by atoms with Crippen molar-refractivity contribution in [3.8, 4) is 16.8 Å². The molecule has 0 radical (unpaired) electrons. The highest BCUT2D eigenvalue weighted by molar-refractivity contribution is 6.14. The maximum atomic E-state index is 8.80. The molecule has 0 saturated heterocycles. The minimum Gasteiger partial charge on any atom is -0.321 e. The van der Waals surface area contributed by atoms with Crippen LogP contribution in [0.2, 0.25) is 0 Å². The number of nitrogens with zero attached hydrogens (tertiary/aromatic N) is 2. The highest BCUT2D eigenvalue weighted by atomic mass is 15.0. The van der Waals surface area contributed by atoms with Crippen LogP contribution < -0.4 is 0 Å². The standard InChI is InChI=1S/C28H21N3/c1-30-27-19-31(23-10-3-2-4-11-23)18-26(27)28(29)22-16-14-21(15-17-22)25-13-7-9-20-8-5-6-12-24(20)25/h2-19,29H,1H2. The molecule has 3 heteroatoms. The Hall–Kier alpha value is -4.24.